The van der Waals surface area contributed by atoms with E-state index in [0.717, 1.165) is 49.9 Å². The summed E-state index contributed by atoms with van der Waals surface area (Å²) in [5, 5.41) is 7.99. The van der Waals surface area contributed by atoms with E-state index in [2.05, 4.69) is 36.4 Å². The summed E-state index contributed by atoms with van der Waals surface area (Å²) in [5.41, 5.74) is 5.29. The monoisotopic (exact) mass is 507 g/mol. The second-order valence-electron chi connectivity index (χ2n) is 9.57. The van der Waals surface area contributed by atoms with E-state index in [1.807, 2.05) is 60.7 Å². The lowest BCUT2D eigenvalue weighted by atomic mass is 9.83. The molecule has 0 N–H and O–H groups in total. The molecule has 0 bridgehead atoms. The van der Waals surface area contributed by atoms with Crippen LogP contribution >= 0.6 is 0 Å². The van der Waals surface area contributed by atoms with Crippen LogP contribution in [-0.2, 0) is 0 Å². The molecule has 0 spiro atoms. The molecule has 0 saturated carbocycles. The van der Waals surface area contributed by atoms with Crippen LogP contribution in [0.4, 0.5) is 0 Å². The molecule has 7 nitrogen and oxygen atoms in total. The third-order valence-corrected chi connectivity index (χ3v) is 7.37. The summed E-state index contributed by atoms with van der Waals surface area (Å²) < 4.78 is 13.7. The van der Waals surface area contributed by atoms with Crippen molar-refractivity contribution in [2.45, 2.75) is 5.92 Å². The van der Waals surface area contributed by atoms with Crippen LogP contribution in [0.1, 0.15) is 22.6 Å². The van der Waals surface area contributed by atoms with E-state index in [1.54, 1.807) is 18.0 Å². The van der Waals surface area contributed by atoms with Gasteiger partial charge in [0, 0.05) is 22.3 Å². The minimum atomic E-state index is -0.169. The second-order valence-corrected chi connectivity index (χ2v) is 9.57. The highest BCUT2D eigenvalue weighted by Crippen LogP contribution is 2.50. The van der Waals surface area contributed by atoms with Crippen molar-refractivity contribution in [3.05, 3.63) is 120 Å². The van der Waals surface area contributed by atoms with E-state index in [0.29, 0.717) is 23.0 Å². The summed E-state index contributed by atoms with van der Waals surface area (Å²) in [6, 6.07) is 32.7. The molecule has 0 saturated heterocycles. The molecule has 0 amide bonds. The van der Waals surface area contributed by atoms with Gasteiger partial charge in [0.25, 0.3) is 0 Å². The normalized spacial score (nSPS) is 14.2. The van der Waals surface area contributed by atoms with Gasteiger partial charge < -0.3 is 9.47 Å². The zero-order chi connectivity index (χ0) is 25.9. The molecule has 1 unspecified atom stereocenters. The highest BCUT2D eigenvalue weighted by atomic mass is 16.5. The van der Waals surface area contributed by atoms with Gasteiger partial charge in [-0.05, 0) is 35.2 Å². The number of para-hydroxylation sites is 1. The molecule has 0 fully saturated rings. The van der Waals surface area contributed by atoms with E-state index >= 15 is 0 Å². The number of fused-ring (bicyclic) bond motifs is 7. The quantitative estimate of drug-likeness (QED) is 0.262. The largest absolute Gasteiger partial charge is 0.497 e. The Bertz CT molecular complexity index is 2050. The lowest BCUT2D eigenvalue weighted by Gasteiger charge is -2.28. The molecule has 1 aliphatic heterocycles. The van der Waals surface area contributed by atoms with Crippen molar-refractivity contribution in [2.75, 3.05) is 7.11 Å². The number of methoxy groups -OCH3 is 1. The molecule has 0 aliphatic carbocycles. The molecule has 7 aromatic rings. The van der Waals surface area contributed by atoms with E-state index in [9.17, 15) is 0 Å². The number of rotatable bonds is 3. The van der Waals surface area contributed by atoms with E-state index < -0.39 is 0 Å². The molecular formula is C32H21N5O2. The Hall–Kier alpha value is -5.30. The zero-order valence-corrected chi connectivity index (χ0v) is 20.9. The van der Waals surface area contributed by atoms with Gasteiger partial charge in [-0.3, -0.25) is 0 Å². The van der Waals surface area contributed by atoms with E-state index in [1.165, 1.54) is 0 Å². The summed E-state index contributed by atoms with van der Waals surface area (Å²) in [6.07, 6.45) is 1.66. The highest BCUT2D eigenvalue weighted by Gasteiger charge is 2.34. The fourth-order valence-corrected chi connectivity index (χ4v) is 5.49. The molecule has 1 aliphatic rings. The first-order chi connectivity index (χ1) is 19.3. The number of benzene rings is 4. The van der Waals surface area contributed by atoms with Crippen LogP contribution in [0.5, 0.6) is 17.4 Å². The van der Waals surface area contributed by atoms with Crippen molar-refractivity contribution in [2.24, 2.45) is 0 Å². The van der Waals surface area contributed by atoms with Crippen LogP contribution in [0, 0.1) is 0 Å². The first-order valence-electron chi connectivity index (χ1n) is 12.7. The lowest BCUT2D eigenvalue weighted by molar-refractivity contribution is 0.414. The summed E-state index contributed by atoms with van der Waals surface area (Å²) in [7, 11) is 1.67. The van der Waals surface area contributed by atoms with E-state index in [-0.39, 0.29) is 5.92 Å². The maximum atomic E-state index is 6.54. The number of hydrogen-bond acceptors (Lipinski definition) is 6. The van der Waals surface area contributed by atoms with Crippen molar-refractivity contribution < 1.29 is 9.47 Å². The molecule has 39 heavy (non-hydrogen) atoms. The number of aromatic nitrogens is 5. The first-order valence-corrected chi connectivity index (χ1v) is 12.7. The Morgan fingerprint density at radius 2 is 1.59 bits per heavy atom. The number of nitrogens with zero attached hydrogens (tertiary/aromatic N) is 5. The topological polar surface area (TPSA) is 74.4 Å². The van der Waals surface area contributed by atoms with Crippen LogP contribution < -0.4 is 9.47 Å². The number of pyridine rings is 1. The molecule has 7 heteroatoms. The summed E-state index contributed by atoms with van der Waals surface area (Å²) in [6.45, 7) is 0. The standard InChI is InChI=1S/C32H21N5O2/c1-38-22-14-10-21(11-15-22)27-24-16-12-19-6-2-4-8-23(19)29(24)39-32-28(27)31-35-30(36-37(31)18-33-32)26-17-13-20-7-3-5-9-25(20)34-26/h2-18,27H,1H3. The predicted molar refractivity (Wildman–Crippen MR) is 149 cm³/mol. The molecule has 0 radical (unpaired) electrons. The third kappa shape index (κ3) is 3.37. The molecule has 4 aromatic carbocycles. The van der Waals surface area contributed by atoms with Gasteiger partial charge in [0.15, 0.2) is 5.65 Å². The van der Waals surface area contributed by atoms with Gasteiger partial charge in [-0.2, -0.15) is 0 Å². The first kappa shape index (κ1) is 21.8. The van der Waals surface area contributed by atoms with Crippen molar-refractivity contribution >= 4 is 27.3 Å². The van der Waals surface area contributed by atoms with Crippen LogP contribution in [0.2, 0.25) is 0 Å². The Morgan fingerprint density at radius 3 is 2.46 bits per heavy atom. The van der Waals surface area contributed by atoms with Gasteiger partial charge in [-0.1, -0.05) is 72.8 Å². The van der Waals surface area contributed by atoms with Crippen molar-refractivity contribution in [1.29, 1.82) is 0 Å². The van der Waals surface area contributed by atoms with Gasteiger partial charge in [-0.25, -0.2) is 19.5 Å². The smallest absolute Gasteiger partial charge is 0.228 e. The average Bonchev–Trinajstić information content (AvgIpc) is 3.44. The van der Waals surface area contributed by atoms with E-state index in [4.69, 9.17) is 29.5 Å². The van der Waals surface area contributed by atoms with Gasteiger partial charge in [0.2, 0.25) is 11.7 Å². The van der Waals surface area contributed by atoms with Gasteiger partial charge in [0.05, 0.1) is 18.2 Å². The fraction of sp³-hybridized carbons (Fsp3) is 0.0625. The minimum Gasteiger partial charge on any atom is -0.497 e. The molecule has 186 valence electrons. The van der Waals surface area contributed by atoms with Crippen molar-refractivity contribution in [1.82, 2.24) is 24.6 Å². The van der Waals surface area contributed by atoms with Gasteiger partial charge in [0.1, 0.15) is 23.5 Å². The summed E-state index contributed by atoms with van der Waals surface area (Å²) >= 11 is 0. The second kappa shape index (κ2) is 8.36. The number of ether oxygens (including phenoxy) is 2. The predicted octanol–water partition coefficient (Wildman–Crippen LogP) is 6.79. The Kier molecular flexibility index (Phi) is 4.66. The lowest BCUT2D eigenvalue weighted by Crippen LogP contribution is -2.15. The average molecular weight is 508 g/mol. The minimum absolute atomic E-state index is 0.169. The van der Waals surface area contributed by atoms with Crippen LogP contribution in [0.3, 0.4) is 0 Å². The Balaban J connectivity index is 1.37. The molecule has 4 heterocycles. The summed E-state index contributed by atoms with van der Waals surface area (Å²) in [5.74, 6) is 2.51. The fourth-order valence-electron chi connectivity index (χ4n) is 5.49. The van der Waals surface area contributed by atoms with Crippen molar-refractivity contribution in [3.8, 4) is 28.9 Å². The maximum Gasteiger partial charge on any atom is 0.228 e. The van der Waals surface area contributed by atoms with Crippen LogP contribution in [0.25, 0.3) is 38.8 Å². The maximum absolute atomic E-state index is 6.54. The third-order valence-electron chi connectivity index (χ3n) is 7.37. The van der Waals surface area contributed by atoms with Gasteiger partial charge >= 0.3 is 0 Å². The van der Waals surface area contributed by atoms with Gasteiger partial charge in [-0.15, -0.1) is 5.10 Å². The van der Waals surface area contributed by atoms with Crippen molar-refractivity contribution in [3.63, 3.8) is 0 Å². The SMILES string of the molecule is COc1ccc(C2c3ccc4ccccc4c3Oc3ncn4nc(-c5ccc6ccccc6n5)nc4c32)cc1. The van der Waals surface area contributed by atoms with Crippen LogP contribution in [-0.4, -0.2) is 31.7 Å². The molecular weight excluding hydrogens is 486 g/mol. The summed E-state index contributed by atoms with van der Waals surface area (Å²) in [4.78, 5) is 14.5. The van der Waals surface area contributed by atoms with Crippen LogP contribution in [0.15, 0.2) is 103 Å². The zero-order valence-electron chi connectivity index (χ0n) is 20.9. The highest BCUT2D eigenvalue weighted by molar-refractivity contribution is 5.91. The Morgan fingerprint density at radius 1 is 0.795 bits per heavy atom. The molecule has 1 atom stereocenters. The number of hydrogen-bond donors (Lipinski definition) is 0. The Labute approximate surface area is 223 Å². The molecule has 3 aromatic heterocycles. The molecule has 8 rings (SSSR count).